The van der Waals surface area contributed by atoms with Crippen molar-refractivity contribution in [2.75, 3.05) is 29.5 Å². The van der Waals surface area contributed by atoms with E-state index >= 15 is 0 Å². The van der Waals surface area contributed by atoms with E-state index in [9.17, 15) is 4.79 Å². The first-order chi connectivity index (χ1) is 15.8. The van der Waals surface area contributed by atoms with Gasteiger partial charge in [-0.25, -0.2) is 15.0 Å². The number of ketones is 1. The van der Waals surface area contributed by atoms with E-state index in [0.717, 1.165) is 11.2 Å². The van der Waals surface area contributed by atoms with Gasteiger partial charge in [-0.15, -0.1) is 11.6 Å². The molecular formula is C21H18Cl3N7OS. The average Bonchev–Trinajstić information content (AvgIpc) is 3.18. The predicted molar refractivity (Wildman–Crippen MR) is 134 cm³/mol. The van der Waals surface area contributed by atoms with Crippen LogP contribution in [0.25, 0.3) is 16.9 Å². The number of thiazole rings is 1. The largest absolute Gasteiger partial charge is 0.382 e. The summed E-state index contributed by atoms with van der Waals surface area (Å²) >= 11 is 19.9. The number of imidazole rings is 1. The van der Waals surface area contributed by atoms with E-state index in [1.807, 2.05) is 22.7 Å². The van der Waals surface area contributed by atoms with Crippen LogP contribution in [0.4, 0.5) is 16.9 Å². The number of halogens is 3. The van der Waals surface area contributed by atoms with Gasteiger partial charge < -0.3 is 16.4 Å². The molecule has 0 atom stereocenters. The van der Waals surface area contributed by atoms with Crippen LogP contribution < -0.4 is 16.4 Å². The van der Waals surface area contributed by atoms with E-state index in [4.69, 9.17) is 45.5 Å². The summed E-state index contributed by atoms with van der Waals surface area (Å²) in [6.45, 7) is 1.05. The second kappa shape index (κ2) is 8.64. The summed E-state index contributed by atoms with van der Waals surface area (Å²) < 4.78 is 1.85. The second-order valence-electron chi connectivity index (χ2n) is 7.63. The second-order valence-corrected chi connectivity index (χ2v) is 10.2. The molecule has 33 heavy (non-hydrogen) atoms. The summed E-state index contributed by atoms with van der Waals surface area (Å²) in [5.74, 6) is 0.677. The molecule has 3 aromatic heterocycles. The van der Waals surface area contributed by atoms with Gasteiger partial charge in [-0.1, -0.05) is 34.5 Å². The van der Waals surface area contributed by atoms with Crippen LogP contribution in [0.15, 0.2) is 36.7 Å². The van der Waals surface area contributed by atoms with Crippen LogP contribution in [0.1, 0.15) is 22.5 Å². The lowest BCUT2D eigenvalue weighted by Crippen LogP contribution is -2.16. The molecule has 1 aliphatic carbocycles. The Balaban J connectivity index is 1.28. The van der Waals surface area contributed by atoms with Crippen molar-refractivity contribution >= 4 is 74.5 Å². The zero-order valence-electron chi connectivity index (χ0n) is 17.1. The van der Waals surface area contributed by atoms with Gasteiger partial charge in [0.25, 0.3) is 0 Å². The van der Waals surface area contributed by atoms with Crippen molar-refractivity contribution < 1.29 is 4.79 Å². The Morgan fingerprint density at radius 2 is 1.97 bits per heavy atom. The molecule has 0 aliphatic heterocycles. The molecule has 1 aliphatic rings. The fraction of sp³-hybridized carbons (Fsp3) is 0.238. The van der Waals surface area contributed by atoms with Crippen LogP contribution in [-0.4, -0.2) is 43.1 Å². The maximum Gasteiger partial charge on any atom is 0.209 e. The molecule has 4 N–H and O–H groups in total. The maximum atomic E-state index is 12.5. The summed E-state index contributed by atoms with van der Waals surface area (Å²) in [5, 5.41) is 8.13. The summed E-state index contributed by atoms with van der Waals surface area (Å²) in [7, 11) is 0. The maximum absolute atomic E-state index is 12.5. The fourth-order valence-corrected chi connectivity index (χ4v) is 5.04. The molecule has 170 valence electrons. The normalized spacial score (nSPS) is 14.4. The van der Waals surface area contributed by atoms with Gasteiger partial charge in [-0.2, -0.15) is 0 Å². The van der Waals surface area contributed by atoms with Crippen LogP contribution in [0.2, 0.25) is 10.0 Å². The molecule has 8 nitrogen and oxygen atoms in total. The molecule has 1 aromatic carbocycles. The SMILES string of the molecule is Nc1nc(NCCNc2nc(-c3ccc(Cl)cc3Cl)cc3nccn23)sc1C(=O)C1(Cl)CC1. The number of rotatable bonds is 8. The molecule has 1 saturated carbocycles. The zero-order chi connectivity index (χ0) is 23.2. The predicted octanol–water partition coefficient (Wildman–Crippen LogP) is 5.22. The molecule has 12 heteroatoms. The quantitative estimate of drug-likeness (QED) is 0.165. The van der Waals surface area contributed by atoms with Gasteiger partial charge in [0.15, 0.2) is 10.9 Å². The molecule has 3 heterocycles. The number of Topliss-reactive ketones (excluding diaryl/α,β-unsaturated/α-hetero) is 1. The molecule has 5 rings (SSSR count). The molecule has 0 spiro atoms. The molecule has 0 amide bonds. The minimum Gasteiger partial charge on any atom is -0.382 e. The number of nitrogens with one attached hydrogen (secondary N) is 2. The number of carbonyl (C=O) groups is 1. The van der Waals surface area contributed by atoms with Crippen molar-refractivity contribution in [3.05, 3.63) is 51.6 Å². The van der Waals surface area contributed by atoms with Gasteiger partial charge >= 0.3 is 0 Å². The number of nitrogens with two attached hydrogens (primary N) is 1. The summed E-state index contributed by atoms with van der Waals surface area (Å²) in [6.07, 6.45) is 4.87. The van der Waals surface area contributed by atoms with E-state index in [1.165, 1.54) is 11.3 Å². The number of fused-ring (bicyclic) bond motifs is 1. The highest BCUT2D eigenvalue weighted by molar-refractivity contribution is 7.18. The molecule has 0 saturated heterocycles. The van der Waals surface area contributed by atoms with Crippen LogP contribution in [0.3, 0.4) is 0 Å². The van der Waals surface area contributed by atoms with Gasteiger partial charge in [0.05, 0.1) is 10.7 Å². The van der Waals surface area contributed by atoms with E-state index in [1.54, 1.807) is 18.3 Å². The number of nitrogen functional groups attached to an aromatic ring is 1. The third-order valence-corrected chi connectivity index (χ3v) is 7.36. The van der Waals surface area contributed by atoms with Crippen molar-refractivity contribution in [3.8, 4) is 11.3 Å². The number of alkyl halides is 1. The third-order valence-electron chi connectivity index (χ3n) is 5.24. The van der Waals surface area contributed by atoms with Gasteiger partial charge in [0, 0.05) is 42.1 Å². The highest BCUT2D eigenvalue weighted by Gasteiger charge is 2.49. The van der Waals surface area contributed by atoms with E-state index in [0.29, 0.717) is 57.6 Å². The Morgan fingerprint density at radius 1 is 1.18 bits per heavy atom. The first kappa shape index (κ1) is 22.2. The minimum atomic E-state index is -0.792. The Morgan fingerprint density at radius 3 is 2.73 bits per heavy atom. The minimum absolute atomic E-state index is 0.144. The van der Waals surface area contributed by atoms with Crippen LogP contribution in [0, 0.1) is 0 Å². The van der Waals surface area contributed by atoms with E-state index in [2.05, 4.69) is 20.6 Å². The number of hydrogen-bond donors (Lipinski definition) is 3. The Hall–Kier alpha value is -2.59. The van der Waals surface area contributed by atoms with Gasteiger partial charge in [0.1, 0.15) is 21.2 Å². The standard InChI is InChI=1S/C21H18Cl3N7OS/c22-11-1-2-12(13(23)9-11)14-10-15-26-7-8-31(15)19(29-14)27-5-6-28-20-30-18(25)16(33-20)17(32)21(24)3-4-21/h1-2,7-10H,3-6,25H2,(H,27,29)(H,28,30). The van der Waals surface area contributed by atoms with Crippen molar-refractivity contribution in [1.29, 1.82) is 0 Å². The molecule has 1 fully saturated rings. The van der Waals surface area contributed by atoms with Crippen LogP contribution >= 0.6 is 46.1 Å². The topological polar surface area (TPSA) is 110 Å². The number of benzene rings is 1. The molecule has 0 unspecified atom stereocenters. The Bertz CT molecular complexity index is 1370. The molecule has 0 bridgehead atoms. The van der Waals surface area contributed by atoms with E-state index < -0.39 is 4.87 Å². The highest BCUT2D eigenvalue weighted by Crippen LogP contribution is 2.47. The van der Waals surface area contributed by atoms with Gasteiger partial charge in [-0.05, 0) is 31.0 Å². The summed E-state index contributed by atoms with van der Waals surface area (Å²) in [4.78, 5) is 25.4. The number of carbonyl (C=O) groups excluding carboxylic acids is 1. The highest BCUT2D eigenvalue weighted by atomic mass is 35.5. The molecule has 0 radical (unpaired) electrons. The van der Waals surface area contributed by atoms with Gasteiger partial charge in [-0.3, -0.25) is 9.20 Å². The van der Waals surface area contributed by atoms with Gasteiger partial charge in [0.2, 0.25) is 5.95 Å². The summed E-state index contributed by atoms with van der Waals surface area (Å²) in [5.41, 5.74) is 8.10. The van der Waals surface area contributed by atoms with Crippen LogP contribution in [-0.2, 0) is 0 Å². The first-order valence-corrected chi connectivity index (χ1v) is 12.1. The Kier molecular flexibility index (Phi) is 5.82. The van der Waals surface area contributed by atoms with E-state index in [-0.39, 0.29) is 11.6 Å². The summed E-state index contributed by atoms with van der Waals surface area (Å²) in [6, 6.07) is 7.14. The lowest BCUT2D eigenvalue weighted by Gasteiger charge is -2.11. The monoisotopic (exact) mass is 521 g/mol. The smallest absolute Gasteiger partial charge is 0.209 e. The lowest BCUT2D eigenvalue weighted by atomic mass is 10.1. The number of nitrogens with zero attached hydrogens (tertiary/aromatic N) is 4. The van der Waals surface area contributed by atoms with Crippen molar-refractivity contribution in [3.63, 3.8) is 0 Å². The Labute approximate surface area is 208 Å². The third kappa shape index (κ3) is 4.46. The number of aromatic nitrogens is 4. The van der Waals surface area contributed by atoms with Crippen molar-refractivity contribution in [2.45, 2.75) is 17.7 Å². The fourth-order valence-electron chi connectivity index (χ4n) is 3.34. The number of anilines is 3. The average molecular weight is 523 g/mol. The zero-order valence-corrected chi connectivity index (χ0v) is 20.2. The van der Waals surface area contributed by atoms with Crippen molar-refractivity contribution in [1.82, 2.24) is 19.4 Å². The van der Waals surface area contributed by atoms with Crippen molar-refractivity contribution in [2.24, 2.45) is 0 Å². The first-order valence-electron chi connectivity index (χ1n) is 10.1. The molecular weight excluding hydrogens is 505 g/mol. The number of hydrogen-bond acceptors (Lipinski definition) is 8. The molecule has 4 aromatic rings. The lowest BCUT2D eigenvalue weighted by molar-refractivity contribution is 0.0983. The van der Waals surface area contributed by atoms with Crippen LogP contribution in [0.5, 0.6) is 0 Å².